The van der Waals surface area contributed by atoms with E-state index in [-0.39, 0.29) is 17.4 Å². The Morgan fingerprint density at radius 2 is 1.92 bits per heavy atom. The lowest BCUT2D eigenvalue weighted by Gasteiger charge is -2.39. The number of hydrogen-bond donors (Lipinski definition) is 5. The number of aliphatic hydroxyl groups is 4. The summed E-state index contributed by atoms with van der Waals surface area (Å²) >= 11 is 0.778. The van der Waals surface area contributed by atoms with Crippen molar-refractivity contribution in [2.24, 2.45) is 11.1 Å². The summed E-state index contributed by atoms with van der Waals surface area (Å²) in [6.45, 7) is 3.20. The summed E-state index contributed by atoms with van der Waals surface area (Å²) in [6, 6.07) is 0. The van der Waals surface area contributed by atoms with Crippen LogP contribution in [0.15, 0.2) is 5.16 Å². The third kappa shape index (κ3) is 6.44. The van der Waals surface area contributed by atoms with Gasteiger partial charge in [-0.25, -0.2) is 4.28 Å². The molecule has 1 fully saturated rings. The summed E-state index contributed by atoms with van der Waals surface area (Å²) in [6.07, 6.45) is -4.62. The van der Waals surface area contributed by atoms with Crippen LogP contribution in [0.2, 0.25) is 0 Å². The number of thioether (sulfide) groups is 1. The molecule has 1 rings (SSSR count). The highest BCUT2D eigenvalue weighted by molar-refractivity contribution is 8.14. The van der Waals surface area contributed by atoms with Gasteiger partial charge >= 0.3 is 10.4 Å². The summed E-state index contributed by atoms with van der Waals surface area (Å²) in [5.74, 6) is 0.0890. The van der Waals surface area contributed by atoms with Gasteiger partial charge in [0.15, 0.2) is 0 Å². The first-order valence-electron chi connectivity index (χ1n) is 7.29. The fourth-order valence-corrected chi connectivity index (χ4v) is 3.40. The molecule has 12 heteroatoms. The summed E-state index contributed by atoms with van der Waals surface area (Å²) in [5.41, 5.74) is -1.12. The molecule has 5 N–H and O–H groups in total. The van der Waals surface area contributed by atoms with Gasteiger partial charge in [0.05, 0.1) is 6.61 Å². The highest BCUT2D eigenvalue weighted by Gasteiger charge is 2.44. The van der Waals surface area contributed by atoms with Crippen molar-refractivity contribution < 1.29 is 42.4 Å². The van der Waals surface area contributed by atoms with Crippen LogP contribution in [0.4, 0.5) is 0 Å². The van der Waals surface area contributed by atoms with E-state index in [4.69, 9.17) is 14.4 Å². The Hall–Kier alpha value is -0.470. The molecule has 24 heavy (non-hydrogen) atoms. The van der Waals surface area contributed by atoms with Crippen molar-refractivity contribution in [3.05, 3.63) is 0 Å². The average molecular weight is 389 g/mol. The fraction of sp³-hybridized carbons (Fsp3) is 0.917. The van der Waals surface area contributed by atoms with Crippen molar-refractivity contribution in [3.63, 3.8) is 0 Å². The molecule has 10 nitrogen and oxygen atoms in total. The Bertz CT molecular complexity index is 525. The van der Waals surface area contributed by atoms with Gasteiger partial charge in [-0.05, 0) is 5.92 Å². The molecule has 142 valence electrons. The minimum Gasteiger partial charge on any atom is -0.394 e. The third-order valence-corrected chi connectivity index (χ3v) is 4.95. The Labute approximate surface area is 144 Å². The van der Waals surface area contributed by atoms with Crippen molar-refractivity contribution in [2.45, 2.75) is 56.5 Å². The van der Waals surface area contributed by atoms with Gasteiger partial charge in [0.1, 0.15) is 34.9 Å². The molecule has 1 heterocycles. The van der Waals surface area contributed by atoms with E-state index >= 15 is 0 Å². The summed E-state index contributed by atoms with van der Waals surface area (Å²) in [4.78, 5) is 0. The van der Waals surface area contributed by atoms with Crippen LogP contribution >= 0.6 is 11.8 Å². The van der Waals surface area contributed by atoms with Crippen LogP contribution in [-0.2, 0) is 19.4 Å². The maximum Gasteiger partial charge on any atom is 0.466 e. The van der Waals surface area contributed by atoms with Crippen molar-refractivity contribution in [1.82, 2.24) is 0 Å². The zero-order valence-electron chi connectivity index (χ0n) is 13.2. The van der Waals surface area contributed by atoms with E-state index in [1.807, 2.05) is 13.8 Å². The van der Waals surface area contributed by atoms with Crippen molar-refractivity contribution in [2.75, 3.05) is 6.61 Å². The van der Waals surface area contributed by atoms with E-state index in [1.54, 1.807) is 0 Å². The zero-order chi connectivity index (χ0) is 18.5. The minimum atomic E-state index is -4.78. The van der Waals surface area contributed by atoms with Gasteiger partial charge in [-0.15, -0.1) is 0 Å². The predicted octanol–water partition coefficient (Wildman–Crippen LogP) is -0.911. The predicted molar refractivity (Wildman–Crippen MR) is 85.5 cm³/mol. The maximum atomic E-state index is 10.7. The number of rotatable bonds is 7. The fourth-order valence-electron chi connectivity index (χ4n) is 1.94. The van der Waals surface area contributed by atoms with Crippen LogP contribution in [0.5, 0.6) is 0 Å². The first-order valence-corrected chi connectivity index (χ1v) is 9.53. The van der Waals surface area contributed by atoms with Crippen molar-refractivity contribution in [1.29, 1.82) is 0 Å². The molecule has 1 aliphatic heterocycles. The smallest absolute Gasteiger partial charge is 0.394 e. The molecule has 1 aliphatic rings. The SMILES string of the molecule is CCC(C)CC(=NOS(=O)(=O)O)S[C@@H]1O[C@H](CO)[C@@H](O)[C@H](O)[C@H]1O. The van der Waals surface area contributed by atoms with Crippen LogP contribution in [0.25, 0.3) is 0 Å². The highest BCUT2D eigenvalue weighted by Crippen LogP contribution is 2.31. The molecule has 0 aromatic heterocycles. The van der Waals surface area contributed by atoms with E-state index in [0.717, 1.165) is 18.2 Å². The topological polar surface area (TPSA) is 166 Å². The van der Waals surface area contributed by atoms with E-state index in [9.17, 15) is 23.7 Å². The van der Waals surface area contributed by atoms with E-state index in [0.29, 0.717) is 0 Å². The van der Waals surface area contributed by atoms with E-state index < -0.39 is 46.9 Å². The number of hydrogen-bond acceptors (Lipinski definition) is 10. The molecule has 0 spiro atoms. The third-order valence-electron chi connectivity index (χ3n) is 3.55. The average Bonchev–Trinajstić information content (AvgIpc) is 2.52. The van der Waals surface area contributed by atoms with Crippen LogP contribution in [0.3, 0.4) is 0 Å². The molecule has 0 radical (unpaired) electrons. The van der Waals surface area contributed by atoms with Gasteiger partial charge in [0.2, 0.25) is 0 Å². The second-order valence-corrected chi connectivity index (χ2v) is 7.70. The quantitative estimate of drug-likeness (QED) is 0.159. The molecule has 0 bridgehead atoms. The molecule has 0 aromatic rings. The van der Waals surface area contributed by atoms with Gasteiger partial charge in [-0.1, -0.05) is 37.2 Å². The van der Waals surface area contributed by atoms with Crippen molar-refractivity contribution >= 4 is 27.2 Å². The number of oxime groups is 1. The molecule has 0 saturated carbocycles. The molecular weight excluding hydrogens is 366 g/mol. The van der Waals surface area contributed by atoms with E-state index in [1.165, 1.54) is 0 Å². The summed E-state index contributed by atoms with van der Waals surface area (Å²) in [7, 11) is -4.78. The zero-order valence-corrected chi connectivity index (χ0v) is 14.9. The van der Waals surface area contributed by atoms with Gasteiger partial charge < -0.3 is 25.2 Å². The number of ether oxygens (including phenoxy) is 1. The Morgan fingerprint density at radius 3 is 2.42 bits per heavy atom. The lowest BCUT2D eigenvalue weighted by molar-refractivity contribution is -0.205. The van der Waals surface area contributed by atoms with Crippen molar-refractivity contribution in [3.8, 4) is 0 Å². The lowest BCUT2D eigenvalue weighted by atomic mass is 10.0. The molecular formula is C12H23NO9S2. The second kappa shape index (κ2) is 9.29. The molecule has 0 aliphatic carbocycles. The second-order valence-electron chi connectivity index (χ2n) is 5.52. The first kappa shape index (κ1) is 21.6. The normalized spacial score (nSPS) is 33.3. The van der Waals surface area contributed by atoms with Crippen LogP contribution in [-0.4, -0.2) is 74.9 Å². The van der Waals surface area contributed by atoms with Gasteiger partial charge in [-0.2, -0.15) is 8.42 Å². The number of aliphatic hydroxyl groups excluding tert-OH is 4. The minimum absolute atomic E-state index is 0.0890. The van der Waals surface area contributed by atoms with Crippen LogP contribution < -0.4 is 0 Å². The Morgan fingerprint density at radius 1 is 1.29 bits per heavy atom. The molecule has 6 atom stereocenters. The van der Waals surface area contributed by atoms with E-state index in [2.05, 4.69) is 9.44 Å². The molecule has 1 saturated heterocycles. The Kier molecular flexibility index (Phi) is 8.35. The maximum absolute atomic E-state index is 10.7. The van der Waals surface area contributed by atoms with Crippen LogP contribution in [0.1, 0.15) is 26.7 Å². The van der Waals surface area contributed by atoms with Gasteiger partial charge in [0, 0.05) is 6.42 Å². The number of nitrogens with zero attached hydrogens (tertiary/aromatic N) is 1. The lowest BCUT2D eigenvalue weighted by Crippen LogP contribution is -2.57. The summed E-state index contributed by atoms with van der Waals surface area (Å²) < 4.78 is 39.3. The standard InChI is InChI=1S/C12H23NO9S2/c1-3-6(2)4-8(13-22-24(18,19)20)23-12-11(17)10(16)9(15)7(5-14)21-12/h6-7,9-12,14-17H,3-5H2,1-2H3,(H,18,19,20)/t6?,7-,9-,10+,11-,12+/m1/s1. The summed E-state index contributed by atoms with van der Waals surface area (Å²) in [5, 5.41) is 42.1. The van der Waals surface area contributed by atoms with Gasteiger partial charge in [-0.3, -0.25) is 4.55 Å². The monoisotopic (exact) mass is 389 g/mol. The Balaban J connectivity index is 2.91. The molecule has 0 amide bonds. The van der Waals surface area contributed by atoms with Gasteiger partial charge in [0.25, 0.3) is 0 Å². The van der Waals surface area contributed by atoms with Crippen LogP contribution in [0, 0.1) is 5.92 Å². The molecule has 1 unspecified atom stereocenters. The molecule has 0 aromatic carbocycles. The first-order chi connectivity index (χ1) is 11.1. The highest BCUT2D eigenvalue weighted by atomic mass is 32.3. The largest absolute Gasteiger partial charge is 0.466 e.